The first-order valence-electron chi connectivity index (χ1n) is 12.0. The first-order valence-corrected chi connectivity index (χ1v) is 13.1. The zero-order chi connectivity index (χ0) is 26.7. The number of aryl methyl sites for hydroxylation is 2. The fourth-order valence-electron chi connectivity index (χ4n) is 4.80. The largest absolute Gasteiger partial charge is 0.480 e. The van der Waals surface area contributed by atoms with Crippen molar-refractivity contribution in [2.75, 3.05) is 19.8 Å². The molecule has 2 aliphatic rings. The van der Waals surface area contributed by atoms with E-state index < -0.39 is 28.6 Å². The zero-order valence-corrected chi connectivity index (χ0v) is 21.5. The quantitative estimate of drug-likeness (QED) is 0.387. The van der Waals surface area contributed by atoms with Crippen LogP contribution in [-0.2, 0) is 34.9 Å². The Kier molecular flexibility index (Phi) is 6.00. The Morgan fingerprint density at radius 2 is 1.87 bits per heavy atom. The van der Waals surface area contributed by atoms with Crippen LogP contribution in [0.15, 0.2) is 53.6 Å². The van der Waals surface area contributed by atoms with Crippen molar-refractivity contribution >= 4 is 16.6 Å². The number of nitrogens with zero attached hydrogens (tertiary/aromatic N) is 5. The highest BCUT2D eigenvalue weighted by Crippen LogP contribution is 2.36. The van der Waals surface area contributed by atoms with E-state index in [1.807, 2.05) is 41.6 Å². The molecule has 0 aliphatic carbocycles. The lowest BCUT2D eigenvalue weighted by Crippen LogP contribution is -2.60. The Labute approximate surface area is 219 Å². The Hall–Kier alpha value is -3.35. The Balaban J connectivity index is 1.29. The summed E-state index contributed by atoms with van der Waals surface area (Å²) in [7, 11) is -1.46. The van der Waals surface area contributed by atoms with E-state index >= 15 is 0 Å². The van der Waals surface area contributed by atoms with Crippen molar-refractivity contribution in [2.45, 2.75) is 43.5 Å². The van der Waals surface area contributed by atoms with Crippen molar-refractivity contribution in [1.82, 2.24) is 23.9 Å². The second kappa shape index (κ2) is 9.14. The molecule has 6 rings (SSSR count). The average Bonchev–Trinajstić information content (AvgIpc) is 3.26. The number of halogens is 3. The molecule has 0 saturated carbocycles. The summed E-state index contributed by atoms with van der Waals surface area (Å²) in [6, 6.07) is 12.8. The molecule has 0 radical (unpaired) electrons. The van der Waals surface area contributed by atoms with Gasteiger partial charge in [-0.1, -0.05) is 18.2 Å². The van der Waals surface area contributed by atoms with Gasteiger partial charge in [-0.3, -0.25) is 9.38 Å². The molecule has 1 aromatic carbocycles. The number of hydrogen-bond donors (Lipinski definition) is 0. The first kappa shape index (κ1) is 25.0. The lowest BCUT2D eigenvalue weighted by atomic mass is 10.0. The maximum absolute atomic E-state index is 13.6. The van der Waals surface area contributed by atoms with E-state index in [1.165, 1.54) is 6.20 Å². The number of rotatable bonds is 4. The molecule has 0 amide bonds. The molecule has 1 spiro atoms. The highest BCUT2D eigenvalue weighted by atomic mass is 32.2. The lowest BCUT2D eigenvalue weighted by Gasteiger charge is -2.41. The number of fused-ring (bicyclic) bond motifs is 2. The van der Waals surface area contributed by atoms with Crippen LogP contribution in [0.25, 0.3) is 5.65 Å². The SMILES string of the molecule is Cc1ccc(Cc2ccn3c(C(F)(F)F)nnc3c2C)nc1CN1CC2(COC2)Oc2ccccc2S1=O. The van der Waals surface area contributed by atoms with Crippen molar-refractivity contribution in [3.05, 3.63) is 82.6 Å². The second-order valence-electron chi connectivity index (χ2n) is 9.70. The van der Waals surface area contributed by atoms with Gasteiger partial charge in [-0.2, -0.15) is 13.2 Å². The Bertz CT molecular complexity index is 1570. The molecule has 1 atom stereocenters. The fraction of sp³-hybridized carbons (Fsp3) is 0.346. The predicted molar refractivity (Wildman–Crippen MR) is 132 cm³/mol. The summed E-state index contributed by atoms with van der Waals surface area (Å²) < 4.78 is 67.8. The van der Waals surface area contributed by atoms with Gasteiger partial charge in [-0.05, 0) is 54.8 Å². The van der Waals surface area contributed by atoms with Crippen LogP contribution in [0.2, 0.25) is 0 Å². The van der Waals surface area contributed by atoms with Crippen LogP contribution in [-0.4, -0.2) is 53.5 Å². The van der Waals surface area contributed by atoms with Gasteiger partial charge >= 0.3 is 6.18 Å². The normalized spacial score (nSPS) is 19.1. The van der Waals surface area contributed by atoms with E-state index in [9.17, 15) is 17.4 Å². The summed E-state index contributed by atoms with van der Waals surface area (Å²) >= 11 is 0. The van der Waals surface area contributed by atoms with Gasteiger partial charge in [0.25, 0.3) is 0 Å². The number of alkyl halides is 3. The summed E-state index contributed by atoms with van der Waals surface area (Å²) in [5, 5.41) is 7.11. The van der Waals surface area contributed by atoms with E-state index in [0.717, 1.165) is 26.9 Å². The fourth-order valence-corrected chi connectivity index (χ4v) is 6.15. The molecule has 12 heteroatoms. The van der Waals surface area contributed by atoms with Crippen LogP contribution >= 0.6 is 0 Å². The van der Waals surface area contributed by atoms with Crippen LogP contribution in [0, 0.1) is 13.8 Å². The maximum atomic E-state index is 13.6. The molecule has 0 bridgehead atoms. The molecule has 8 nitrogen and oxygen atoms in total. The number of para-hydroxylation sites is 1. The maximum Gasteiger partial charge on any atom is 0.452 e. The van der Waals surface area contributed by atoms with Crippen LogP contribution in [0.1, 0.15) is 33.9 Å². The van der Waals surface area contributed by atoms with E-state index in [1.54, 1.807) is 19.1 Å². The summed E-state index contributed by atoms with van der Waals surface area (Å²) in [4.78, 5) is 5.48. The average molecular weight is 544 g/mol. The number of aromatic nitrogens is 4. The lowest BCUT2D eigenvalue weighted by molar-refractivity contribution is -0.165. The molecule has 3 aromatic heterocycles. The van der Waals surface area contributed by atoms with Gasteiger partial charge in [0, 0.05) is 18.3 Å². The number of ether oxygens (including phenoxy) is 2. The van der Waals surface area contributed by atoms with E-state index in [4.69, 9.17) is 14.5 Å². The van der Waals surface area contributed by atoms with Crippen molar-refractivity contribution in [3.8, 4) is 5.75 Å². The molecule has 0 N–H and O–H groups in total. The Morgan fingerprint density at radius 3 is 2.61 bits per heavy atom. The second-order valence-corrected chi connectivity index (χ2v) is 11.2. The van der Waals surface area contributed by atoms with Crippen molar-refractivity contribution in [3.63, 3.8) is 0 Å². The molecule has 5 heterocycles. The standard InChI is InChI=1S/C26H24F3N5O3S/c1-16-7-8-19(11-18-9-10-34-23(17(18)2)31-32-24(34)26(27,28)29)30-20(16)12-33-13-25(14-36-15-25)37-21-5-3-4-6-22(21)38(33)35/h3-10H,11-15H2,1-2H3. The van der Waals surface area contributed by atoms with Gasteiger partial charge in [0.05, 0.1) is 36.9 Å². The van der Waals surface area contributed by atoms with E-state index in [0.29, 0.717) is 48.9 Å². The molecular weight excluding hydrogens is 519 g/mol. The topological polar surface area (TPSA) is 81.8 Å². The summed E-state index contributed by atoms with van der Waals surface area (Å²) in [6.07, 6.45) is -2.85. The van der Waals surface area contributed by atoms with Crippen molar-refractivity contribution in [2.24, 2.45) is 0 Å². The third kappa shape index (κ3) is 4.36. The van der Waals surface area contributed by atoms with Gasteiger partial charge in [-0.15, -0.1) is 10.2 Å². The number of benzene rings is 1. The van der Waals surface area contributed by atoms with Gasteiger partial charge in [0.15, 0.2) is 11.2 Å². The molecule has 198 valence electrons. The summed E-state index contributed by atoms with van der Waals surface area (Å²) in [5.41, 5.74) is 3.46. The smallest absolute Gasteiger partial charge is 0.452 e. The number of pyridine rings is 2. The predicted octanol–water partition coefficient (Wildman–Crippen LogP) is 4.04. The van der Waals surface area contributed by atoms with Gasteiger partial charge < -0.3 is 9.47 Å². The van der Waals surface area contributed by atoms with Crippen molar-refractivity contribution in [1.29, 1.82) is 0 Å². The van der Waals surface area contributed by atoms with Crippen LogP contribution in [0.4, 0.5) is 13.2 Å². The monoisotopic (exact) mass is 543 g/mol. The zero-order valence-electron chi connectivity index (χ0n) is 20.7. The Morgan fingerprint density at radius 1 is 1.08 bits per heavy atom. The highest BCUT2D eigenvalue weighted by Gasteiger charge is 2.47. The minimum Gasteiger partial charge on any atom is -0.480 e. The molecule has 1 fully saturated rings. The summed E-state index contributed by atoms with van der Waals surface area (Å²) in [6.45, 7) is 5.27. The minimum atomic E-state index is -4.59. The van der Waals surface area contributed by atoms with E-state index in [-0.39, 0.29) is 5.65 Å². The van der Waals surface area contributed by atoms with Crippen molar-refractivity contribution < 1.29 is 26.9 Å². The van der Waals surface area contributed by atoms with Crippen LogP contribution < -0.4 is 4.74 Å². The molecule has 1 saturated heterocycles. The van der Waals surface area contributed by atoms with Gasteiger partial charge in [0.2, 0.25) is 5.82 Å². The summed E-state index contributed by atoms with van der Waals surface area (Å²) in [5.74, 6) is -0.452. The first-order chi connectivity index (χ1) is 18.1. The molecule has 2 aliphatic heterocycles. The van der Waals surface area contributed by atoms with Gasteiger partial charge in [-0.25, -0.2) is 8.51 Å². The molecule has 38 heavy (non-hydrogen) atoms. The highest BCUT2D eigenvalue weighted by molar-refractivity contribution is 7.82. The third-order valence-corrected chi connectivity index (χ3v) is 8.38. The number of hydrogen-bond acceptors (Lipinski definition) is 6. The molecule has 4 aromatic rings. The van der Waals surface area contributed by atoms with Crippen LogP contribution in [0.5, 0.6) is 5.75 Å². The minimum absolute atomic E-state index is 0.161. The van der Waals surface area contributed by atoms with E-state index in [2.05, 4.69) is 10.2 Å². The van der Waals surface area contributed by atoms with Crippen LogP contribution in [0.3, 0.4) is 0 Å². The molecular formula is C26H24F3N5O3S. The van der Waals surface area contributed by atoms with Gasteiger partial charge in [0.1, 0.15) is 16.7 Å². The molecule has 1 unspecified atom stereocenters. The third-order valence-electron chi connectivity index (χ3n) is 6.94.